The predicted molar refractivity (Wildman–Crippen MR) is 255 cm³/mol. The van der Waals surface area contributed by atoms with Gasteiger partial charge < -0.3 is 13.7 Å². The topological polar surface area (TPSA) is 29.5 Å². The van der Waals surface area contributed by atoms with Crippen LogP contribution in [0.2, 0.25) is 0 Å². The van der Waals surface area contributed by atoms with Crippen molar-refractivity contribution < 1.29 is 8.83 Å². The van der Waals surface area contributed by atoms with Gasteiger partial charge in [0.25, 0.3) is 0 Å². The van der Waals surface area contributed by atoms with Gasteiger partial charge in [0.15, 0.2) is 0 Å². The molecule has 0 fully saturated rings. The van der Waals surface area contributed by atoms with Crippen LogP contribution in [0.5, 0.6) is 0 Å². The molecule has 10 aromatic carbocycles. The highest BCUT2D eigenvalue weighted by molar-refractivity contribution is 6.12. The van der Waals surface area contributed by atoms with E-state index in [9.17, 15) is 0 Å². The van der Waals surface area contributed by atoms with Crippen LogP contribution in [0.3, 0.4) is 0 Å². The van der Waals surface area contributed by atoms with Crippen LogP contribution in [0.25, 0.3) is 99.2 Å². The van der Waals surface area contributed by atoms with Gasteiger partial charge in [0.1, 0.15) is 22.3 Å². The maximum absolute atomic E-state index is 6.31. The first kappa shape index (κ1) is 34.9. The van der Waals surface area contributed by atoms with Crippen LogP contribution in [0.1, 0.15) is 0 Å². The Labute approximate surface area is 353 Å². The molecular formula is C58H37NO2. The summed E-state index contributed by atoms with van der Waals surface area (Å²) in [6.07, 6.45) is 0. The van der Waals surface area contributed by atoms with Crippen molar-refractivity contribution in [3.63, 3.8) is 0 Å². The molecule has 0 aliphatic carbocycles. The maximum atomic E-state index is 6.31. The van der Waals surface area contributed by atoms with Crippen LogP contribution in [0, 0.1) is 0 Å². The van der Waals surface area contributed by atoms with E-state index in [0.717, 1.165) is 88.8 Å². The Morgan fingerprint density at radius 3 is 1.56 bits per heavy atom. The third kappa shape index (κ3) is 6.14. The predicted octanol–water partition coefficient (Wildman–Crippen LogP) is 16.8. The van der Waals surface area contributed by atoms with Gasteiger partial charge in [-0.15, -0.1) is 0 Å². The quantitative estimate of drug-likeness (QED) is 0.161. The summed E-state index contributed by atoms with van der Waals surface area (Å²) in [5.41, 5.74) is 16.0. The van der Waals surface area contributed by atoms with Gasteiger partial charge in [-0.25, -0.2) is 0 Å². The summed E-state index contributed by atoms with van der Waals surface area (Å²) in [6, 6.07) is 80.1. The number of para-hydroxylation sites is 2. The first-order valence-electron chi connectivity index (χ1n) is 20.7. The van der Waals surface area contributed by atoms with E-state index in [2.05, 4.69) is 205 Å². The molecule has 0 bridgehead atoms. The molecule has 0 saturated carbocycles. The number of rotatable bonds is 7. The number of nitrogens with zero attached hydrogens (tertiary/aromatic N) is 1. The van der Waals surface area contributed by atoms with Crippen molar-refractivity contribution in [3.05, 3.63) is 224 Å². The molecule has 0 N–H and O–H groups in total. The van der Waals surface area contributed by atoms with E-state index in [0.29, 0.717) is 0 Å². The lowest BCUT2D eigenvalue weighted by atomic mass is 9.97. The van der Waals surface area contributed by atoms with E-state index >= 15 is 0 Å². The molecule has 0 radical (unpaired) electrons. The third-order valence-electron chi connectivity index (χ3n) is 12.1. The largest absolute Gasteiger partial charge is 0.456 e. The van der Waals surface area contributed by atoms with Crippen LogP contribution < -0.4 is 4.90 Å². The summed E-state index contributed by atoms with van der Waals surface area (Å²) in [7, 11) is 0. The molecular weight excluding hydrogens is 743 g/mol. The number of benzene rings is 10. The van der Waals surface area contributed by atoms with Crippen molar-refractivity contribution in [3.8, 4) is 44.5 Å². The fourth-order valence-corrected chi connectivity index (χ4v) is 9.03. The van der Waals surface area contributed by atoms with Crippen molar-refractivity contribution >= 4 is 71.7 Å². The molecule has 2 heterocycles. The zero-order valence-corrected chi connectivity index (χ0v) is 33.1. The highest BCUT2D eigenvalue weighted by Crippen LogP contribution is 2.42. The molecule has 3 nitrogen and oxygen atoms in total. The molecule has 0 unspecified atom stereocenters. The van der Waals surface area contributed by atoms with E-state index in [-0.39, 0.29) is 0 Å². The standard InChI is InChI=1S/C58H37NO2/c1-2-11-42-34-44(27-26-38(42)10-1)41-24-22-39(23-25-41)40-28-31-47(32-29-40)59(48-14-7-12-43(35-48)45-30-33-52-51-16-3-5-19-54(51)61-57(52)37-45)49-15-8-13-46(36-49)50-18-9-21-56-58(50)53-17-4-6-20-55(53)60-56/h1-37H. The lowest BCUT2D eigenvalue weighted by Crippen LogP contribution is -2.10. The van der Waals surface area contributed by atoms with E-state index < -0.39 is 0 Å². The average molecular weight is 780 g/mol. The van der Waals surface area contributed by atoms with Crippen LogP contribution in [0.4, 0.5) is 17.1 Å². The summed E-state index contributed by atoms with van der Waals surface area (Å²) >= 11 is 0. The van der Waals surface area contributed by atoms with Gasteiger partial charge in [0, 0.05) is 38.6 Å². The third-order valence-corrected chi connectivity index (χ3v) is 12.1. The van der Waals surface area contributed by atoms with E-state index in [1.54, 1.807) is 0 Å². The van der Waals surface area contributed by atoms with Gasteiger partial charge in [-0.3, -0.25) is 0 Å². The van der Waals surface area contributed by atoms with Gasteiger partial charge in [-0.1, -0.05) is 152 Å². The normalized spacial score (nSPS) is 11.6. The number of anilines is 3. The van der Waals surface area contributed by atoms with Crippen molar-refractivity contribution in [2.24, 2.45) is 0 Å². The summed E-state index contributed by atoms with van der Waals surface area (Å²) in [6.45, 7) is 0. The minimum atomic E-state index is 0.885. The van der Waals surface area contributed by atoms with Crippen LogP contribution in [-0.4, -0.2) is 0 Å². The minimum Gasteiger partial charge on any atom is -0.456 e. The van der Waals surface area contributed by atoms with Crippen molar-refractivity contribution in [1.29, 1.82) is 0 Å². The molecule has 0 amide bonds. The maximum Gasteiger partial charge on any atom is 0.136 e. The lowest BCUT2D eigenvalue weighted by Gasteiger charge is -2.27. The molecule has 61 heavy (non-hydrogen) atoms. The first-order valence-corrected chi connectivity index (χ1v) is 20.7. The van der Waals surface area contributed by atoms with Gasteiger partial charge in [0.2, 0.25) is 0 Å². The molecule has 3 heteroatoms. The monoisotopic (exact) mass is 779 g/mol. The summed E-state index contributed by atoms with van der Waals surface area (Å²) in [5.74, 6) is 0. The lowest BCUT2D eigenvalue weighted by molar-refractivity contribution is 0.668. The zero-order valence-electron chi connectivity index (χ0n) is 33.1. The molecule has 12 rings (SSSR count). The van der Waals surface area contributed by atoms with Crippen LogP contribution in [0.15, 0.2) is 233 Å². The zero-order chi connectivity index (χ0) is 40.3. The van der Waals surface area contributed by atoms with Crippen LogP contribution >= 0.6 is 0 Å². The van der Waals surface area contributed by atoms with E-state index in [4.69, 9.17) is 8.83 Å². The minimum absolute atomic E-state index is 0.885. The second-order valence-corrected chi connectivity index (χ2v) is 15.7. The fraction of sp³-hybridized carbons (Fsp3) is 0. The van der Waals surface area contributed by atoms with Gasteiger partial charge in [-0.05, 0) is 128 Å². The smallest absolute Gasteiger partial charge is 0.136 e. The number of hydrogen-bond acceptors (Lipinski definition) is 3. The second-order valence-electron chi connectivity index (χ2n) is 15.7. The Hall–Kier alpha value is -8.14. The highest BCUT2D eigenvalue weighted by Gasteiger charge is 2.18. The van der Waals surface area contributed by atoms with Gasteiger partial charge in [-0.2, -0.15) is 0 Å². The van der Waals surface area contributed by atoms with Crippen molar-refractivity contribution in [1.82, 2.24) is 0 Å². The number of hydrogen-bond donors (Lipinski definition) is 0. The Bertz CT molecular complexity index is 3590. The molecule has 0 aliphatic heterocycles. The summed E-state index contributed by atoms with van der Waals surface area (Å²) in [5, 5.41) is 7.00. The highest BCUT2D eigenvalue weighted by atomic mass is 16.3. The first-order chi connectivity index (χ1) is 30.2. The molecule has 2 aromatic heterocycles. The second kappa shape index (κ2) is 14.3. The summed E-state index contributed by atoms with van der Waals surface area (Å²) < 4.78 is 12.6. The molecule has 0 aliphatic rings. The van der Waals surface area contributed by atoms with E-state index in [1.807, 2.05) is 24.3 Å². The Kier molecular flexibility index (Phi) is 8.17. The average Bonchev–Trinajstić information content (AvgIpc) is 3.90. The molecule has 0 spiro atoms. The molecule has 0 atom stereocenters. The SMILES string of the molecule is c1cc(-c2ccc3c(c2)oc2ccccc23)cc(N(c2ccc(-c3ccc(-c4ccc5ccccc5c4)cc3)cc2)c2cccc(-c3cccc4oc5ccccc5c34)c2)c1. The Balaban J connectivity index is 0.945. The van der Waals surface area contributed by atoms with Gasteiger partial charge in [0.05, 0.1) is 0 Å². The number of furan rings is 2. The van der Waals surface area contributed by atoms with Crippen LogP contribution in [-0.2, 0) is 0 Å². The molecule has 0 saturated heterocycles. The Morgan fingerprint density at radius 1 is 0.262 bits per heavy atom. The number of fused-ring (bicyclic) bond motifs is 7. The summed E-state index contributed by atoms with van der Waals surface area (Å²) in [4.78, 5) is 2.35. The van der Waals surface area contributed by atoms with Gasteiger partial charge >= 0.3 is 0 Å². The fourth-order valence-electron chi connectivity index (χ4n) is 9.03. The van der Waals surface area contributed by atoms with Crippen molar-refractivity contribution in [2.75, 3.05) is 4.90 Å². The molecule has 12 aromatic rings. The van der Waals surface area contributed by atoms with E-state index in [1.165, 1.54) is 27.5 Å². The Morgan fingerprint density at radius 2 is 0.770 bits per heavy atom. The molecule has 286 valence electrons. The van der Waals surface area contributed by atoms with Crippen molar-refractivity contribution in [2.45, 2.75) is 0 Å².